The summed E-state index contributed by atoms with van der Waals surface area (Å²) in [6.07, 6.45) is 0. The topological polar surface area (TPSA) is 47.6 Å². The minimum atomic E-state index is -0.213. The predicted molar refractivity (Wildman–Crippen MR) is 100.0 cm³/mol. The molecule has 2 aromatic rings. The summed E-state index contributed by atoms with van der Waals surface area (Å²) in [4.78, 5) is 12.1. The van der Waals surface area contributed by atoms with E-state index in [1.54, 1.807) is 31.4 Å². The number of nitrogens with one attached hydrogen (secondary N) is 1. The Kier molecular flexibility index (Phi) is 5.89. The fraction of sp³-hybridized carbons (Fsp3) is 0.316. The van der Waals surface area contributed by atoms with Crippen molar-refractivity contribution in [2.45, 2.75) is 26.2 Å². The summed E-state index contributed by atoms with van der Waals surface area (Å²) >= 11 is 3.51. The largest absolute Gasteiger partial charge is 0.497 e. The molecule has 0 bridgehead atoms. The first-order valence-electron chi connectivity index (χ1n) is 7.66. The minimum Gasteiger partial charge on any atom is -0.497 e. The molecule has 0 spiro atoms. The maximum atomic E-state index is 12.1. The number of hydrogen-bond donors (Lipinski definition) is 1. The van der Waals surface area contributed by atoms with Gasteiger partial charge in [-0.2, -0.15) is 0 Å². The van der Waals surface area contributed by atoms with Gasteiger partial charge in [-0.25, -0.2) is 0 Å². The molecule has 0 saturated carbocycles. The number of hydrogen-bond acceptors (Lipinski definition) is 3. The molecule has 0 aliphatic rings. The van der Waals surface area contributed by atoms with Gasteiger partial charge in [-0.3, -0.25) is 4.79 Å². The summed E-state index contributed by atoms with van der Waals surface area (Å²) < 4.78 is 11.4. The quantitative estimate of drug-likeness (QED) is 0.797. The van der Waals surface area contributed by atoms with Crippen LogP contribution in [-0.4, -0.2) is 19.6 Å². The molecule has 0 saturated heterocycles. The summed E-state index contributed by atoms with van der Waals surface area (Å²) in [6.45, 7) is 6.39. The Labute approximate surface area is 151 Å². The molecule has 0 aliphatic carbocycles. The zero-order valence-electron chi connectivity index (χ0n) is 14.4. The van der Waals surface area contributed by atoms with Crippen LogP contribution >= 0.6 is 15.9 Å². The Balaban J connectivity index is 1.94. The summed E-state index contributed by atoms with van der Waals surface area (Å²) in [6, 6.07) is 13.0. The molecule has 0 radical (unpaired) electrons. The molecule has 2 aromatic carbocycles. The zero-order valence-corrected chi connectivity index (χ0v) is 15.9. The van der Waals surface area contributed by atoms with Crippen molar-refractivity contribution in [1.82, 2.24) is 0 Å². The normalized spacial score (nSPS) is 11.0. The van der Waals surface area contributed by atoms with Gasteiger partial charge in [0.05, 0.1) is 12.8 Å². The number of amides is 1. The van der Waals surface area contributed by atoms with E-state index in [2.05, 4.69) is 42.0 Å². The standard InChI is InChI=1S/C19H22BrNO3/c1-19(2,3)13-5-10-17(16(20)11-13)21-18(22)12-24-15-8-6-14(23-4)7-9-15/h5-11H,12H2,1-4H3,(H,21,22). The number of ether oxygens (including phenoxy) is 2. The van der Waals surface area contributed by atoms with Crippen molar-refractivity contribution in [3.63, 3.8) is 0 Å². The molecule has 2 rings (SSSR count). The highest BCUT2D eigenvalue weighted by Crippen LogP contribution is 2.30. The van der Waals surface area contributed by atoms with E-state index in [9.17, 15) is 4.79 Å². The monoisotopic (exact) mass is 391 g/mol. The Morgan fingerprint density at radius 2 is 1.71 bits per heavy atom. The van der Waals surface area contributed by atoms with Crippen molar-refractivity contribution < 1.29 is 14.3 Å². The van der Waals surface area contributed by atoms with Gasteiger partial charge in [0, 0.05) is 4.47 Å². The maximum absolute atomic E-state index is 12.1. The van der Waals surface area contributed by atoms with E-state index in [-0.39, 0.29) is 17.9 Å². The van der Waals surface area contributed by atoms with Gasteiger partial charge in [0.2, 0.25) is 0 Å². The van der Waals surface area contributed by atoms with Gasteiger partial charge in [0.25, 0.3) is 5.91 Å². The molecule has 0 atom stereocenters. The first-order chi connectivity index (χ1) is 11.3. The molecule has 1 amide bonds. The summed E-state index contributed by atoms with van der Waals surface area (Å²) in [5.74, 6) is 1.15. The van der Waals surface area contributed by atoms with E-state index < -0.39 is 0 Å². The van der Waals surface area contributed by atoms with E-state index in [4.69, 9.17) is 9.47 Å². The highest BCUT2D eigenvalue weighted by atomic mass is 79.9. The molecule has 0 heterocycles. The number of carbonyl (C=O) groups excluding carboxylic acids is 1. The lowest BCUT2D eigenvalue weighted by Crippen LogP contribution is -2.20. The maximum Gasteiger partial charge on any atom is 0.262 e. The second-order valence-electron chi connectivity index (χ2n) is 6.46. The van der Waals surface area contributed by atoms with Gasteiger partial charge in [-0.15, -0.1) is 0 Å². The highest BCUT2D eigenvalue weighted by molar-refractivity contribution is 9.10. The highest BCUT2D eigenvalue weighted by Gasteiger charge is 2.15. The number of anilines is 1. The fourth-order valence-corrected chi connectivity index (χ4v) is 2.57. The molecule has 4 nitrogen and oxygen atoms in total. The molecule has 0 aromatic heterocycles. The summed E-state index contributed by atoms with van der Waals surface area (Å²) in [7, 11) is 1.60. The van der Waals surface area contributed by atoms with E-state index in [1.807, 2.05) is 18.2 Å². The van der Waals surface area contributed by atoms with Gasteiger partial charge in [-0.05, 0) is 63.3 Å². The Bertz CT molecular complexity index is 706. The van der Waals surface area contributed by atoms with Crippen LogP contribution < -0.4 is 14.8 Å². The molecule has 24 heavy (non-hydrogen) atoms. The van der Waals surface area contributed by atoms with Crippen LogP contribution in [0.3, 0.4) is 0 Å². The van der Waals surface area contributed by atoms with Crippen molar-refractivity contribution >= 4 is 27.5 Å². The Morgan fingerprint density at radius 1 is 1.08 bits per heavy atom. The first-order valence-corrected chi connectivity index (χ1v) is 8.45. The molecule has 1 N–H and O–H groups in total. The van der Waals surface area contributed by atoms with Crippen LogP contribution in [-0.2, 0) is 10.2 Å². The van der Waals surface area contributed by atoms with E-state index in [0.29, 0.717) is 5.75 Å². The van der Waals surface area contributed by atoms with Gasteiger partial charge in [0.15, 0.2) is 6.61 Å². The molecular weight excluding hydrogens is 370 g/mol. The lowest BCUT2D eigenvalue weighted by atomic mass is 9.87. The molecule has 5 heteroatoms. The average Bonchev–Trinajstić information content (AvgIpc) is 2.54. The molecule has 0 unspecified atom stereocenters. The van der Waals surface area contributed by atoms with Crippen LogP contribution in [0, 0.1) is 0 Å². The Hall–Kier alpha value is -2.01. The SMILES string of the molecule is COc1ccc(OCC(=O)Nc2ccc(C(C)(C)C)cc2Br)cc1. The average molecular weight is 392 g/mol. The van der Waals surface area contributed by atoms with Crippen LogP contribution in [0.25, 0.3) is 0 Å². The van der Waals surface area contributed by atoms with Gasteiger partial charge in [-0.1, -0.05) is 26.8 Å². The Morgan fingerprint density at radius 3 is 2.25 bits per heavy atom. The number of carbonyl (C=O) groups is 1. The second kappa shape index (κ2) is 7.71. The van der Waals surface area contributed by atoms with Crippen molar-refractivity contribution in [3.8, 4) is 11.5 Å². The number of halogens is 1. The van der Waals surface area contributed by atoms with Gasteiger partial charge < -0.3 is 14.8 Å². The zero-order chi connectivity index (χ0) is 17.7. The molecular formula is C19H22BrNO3. The van der Waals surface area contributed by atoms with Gasteiger partial charge >= 0.3 is 0 Å². The van der Waals surface area contributed by atoms with E-state index in [1.165, 1.54) is 5.56 Å². The number of benzene rings is 2. The molecule has 128 valence electrons. The van der Waals surface area contributed by atoms with Crippen LogP contribution in [0.5, 0.6) is 11.5 Å². The minimum absolute atomic E-state index is 0.0558. The van der Waals surface area contributed by atoms with Crippen LogP contribution in [0.15, 0.2) is 46.9 Å². The molecule has 0 fully saturated rings. The van der Waals surface area contributed by atoms with Crippen molar-refractivity contribution in [2.24, 2.45) is 0 Å². The van der Waals surface area contributed by atoms with Crippen LogP contribution in [0.1, 0.15) is 26.3 Å². The summed E-state index contributed by atoms with van der Waals surface area (Å²) in [5.41, 5.74) is 1.98. The third-order valence-electron chi connectivity index (χ3n) is 3.54. The third-order valence-corrected chi connectivity index (χ3v) is 4.19. The van der Waals surface area contributed by atoms with Crippen molar-refractivity contribution in [2.75, 3.05) is 19.0 Å². The van der Waals surface area contributed by atoms with E-state index in [0.717, 1.165) is 15.9 Å². The number of methoxy groups -OCH3 is 1. The third kappa shape index (κ3) is 4.99. The second-order valence-corrected chi connectivity index (χ2v) is 7.31. The van der Waals surface area contributed by atoms with Crippen LogP contribution in [0.2, 0.25) is 0 Å². The number of rotatable bonds is 5. The summed E-state index contributed by atoms with van der Waals surface area (Å²) in [5, 5.41) is 2.85. The smallest absolute Gasteiger partial charge is 0.262 e. The van der Waals surface area contributed by atoms with Crippen molar-refractivity contribution in [3.05, 3.63) is 52.5 Å². The first kappa shape index (κ1) is 18.3. The fourth-order valence-electron chi connectivity index (χ4n) is 2.09. The lowest BCUT2D eigenvalue weighted by molar-refractivity contribution is -0.118. The predicted octanol–water partition coefficient (Wildman–Crippen LogP) is 4.77. The lowest BCUT2D eigenvalue weighted by Gasteiger charge is -2.20. The van der Waals surface area contributed by atoms with Gasteiger partial charge in [0.1, 0.15) is 11.5 Å². The van der Waals surface area contributed by atoms with Crippen LogP contribution in [0.4, 0.5) is 5.69 Å². The van der Waals surface area contributed by atoms with E-state index >= 15 is 0 Å². The molecule has 0 aliphatic heterocycles. The van der Waals surface area contributed by atoms with Crippen molar-refractivity contribution in [1.29, 1.82) is 0 Å².